The lowest BCUT2D eigenvalue weighted by Gasteiger charge is -2.13. The highest BCUT2D eigenvalue weighted by molar-refractivity contribution is 9.10. The van der Waals surface area contributed by atoms with Crippen molar-refractivity contribution in [3.05, 3.63) is 34.6 Å². The van der Waals surface area contributed by atoms with Crippen LogP contribution in [0.5, 0.6) is 5.75 Å². The van der Waals surface area contributed by atoms with E-state index in [0.29, 0.717) is 0 Å². The molecule has 2 N–H and O–H groups in total. The molecular weight excluding hydrogens is 320 g/mol. The number of anilines is 3. The Bertz CT molecular complexity index is 604. The first kappa shape index (κ1) is 14.6. The fourth-order valence-electron chi connectivity index (χ4n) is 1.80. The first-order valence-electron chi connectivity index (χ1n) is 6.31. The molecule has 0 fully saturated rings. The molecule has 0 spiro atoms. The molecule has 0 aliphatic heterocycles. The van der Waals surface area contributed by atoms with Crippen LogP contribution in [-0.2, 0) is 0 Å². The van der Waals surface area contributed by atoms with E-state index < -0.39 is 0 Å². The number of hydrogen-bond donors (Lipinski definition) is 2. The Labute approximate surface area is 126 Å². The van der Waals surface area contributed by atoms with Crippen molar-refractivity contribution in [3.63, 3.8) is 0 Å². The van der Waals surface area contributed by atoms with E-state index in [4.69, 9.17) is 4.74 Å². The summed E-state index contributed by atoms with van der Waals surface area (Å²) in [6.45, 7) is 4.84. The molecule has 2 aromatic rings. The Morgan fingerprint density at radius 2 is 2.00 bits per heavy atom. The molecule has 6 heteroatoms. The Morgan fingerprint density at radius 1 is 1.25 bits per heavy atom. The summed E-state index contributed by atoms with van der Waals surface area (Å²) in [7, 11) is 1.64. The van der Waals surface area contributed by atoms with Crippen molar-refractivity contribution in [1.29, 1.82) is 0 Å². The molecule has 0 radical (unpaired) electrons. The number of aromatic nitrogens is 2. The molecule has 1 heterocycles. The van der Waals surface area contributed by atoms with Crippen molar-refractivity contribution in [2.24, 2.45) is 0 Å². The number of rotatable bonds is 5. The maximum atomic E-state index is 5.28. The van der Waals surface area contributed by atoms with Gasteiger partial charge in [-0.15, -0.1) is 0 Å². The van der Waals surface area contributed by atoms with Gasteiger partial charge >= 0.3 is 0 Å². The van der Waals surface area contributed by atoms with Gasteiger partial charge < -0.3 is 15.4 Å². The van der Waals surface area contributed by atoms with E-state index in [1.807, 2.05) is 32.0 Å². The fraction of sp³-hybridized carbons (Fsp3) is 0.286. The van der Waals surface area contributed by atoms with Crippen molar-refractivity contribution in [2.45, 2.75) is 13.8 Å². The first-order valence-corrected chi connectivity index (χ1v) is 7.11. The third kappa shape index (κ3) is 3.19. The lowest BCUT2D eigenvalue weighted by molar-refractivity contribution is 0.412. The second kappa shape index (κ2) is 6.56. The van der Waals surface area contributed by atoms with Gasteiger partial charge in [0.05, 0.1) is 11.6 Å². The van der Waals surface area contributed by atoms with Crippen LogP contribution in [0.2, 0.25) is 0 Å². The molecule has 0 aliphatic rings. The molecule has 1 aromatic carbocycles. The summed E-state index contributed by atoms with van der Waals surface area (Å²) in [5.74, 6) is 2.39. The summed E-state index contributed by atoms with van der Waals surface area (Å²) < 4.78 is 6.20. The van der Waals surface area contributed by atoms with Gasteiger partial charge in [-0.2, -0.15) is 0 Å². The molecule has 106 valence electrons. The molecule has 0 saturated heterocycles. The zero-order valence-electron chi connectivity index (χ0n) is 11.7. The molecule has 0 aliphatic carbocycles. The summed E-state index contributed by atoms with van der Waals surface area (Å²) in [5.41, 5.74) is 1.89. The first-order chi connectivity index (χ1) is 9.65. The number of methoxy groups -OCH3 is 1. The van der Waals surface area contributed by atoms with Crippen LogP contribution in [-0.4, -0.2) is 23.6 Å². The topological polar surface area (TPSA) is 59.1 Å². The Kier molecular flexibility index (Phi) is 4.79. The fourth-order valence-corrected chi connectivity index (χ4v) is 2.20. The lowest BCUT2D eigenvalue weighted by Crippen LogP contribution is -2.05. The van der Waals surface area contributed by atoms with Gasteiger partial charge in [0, 0.05) is 23.9 Å². The van der Waals surface area contributed by atoms with Crippen LogP contribution in [0.1, 0.15) is 12.5 Å². The molecule has 5 nitrogen and oxygen atoms in total. The largest absolute Gasteiger partial charge is 0.495 e. The lowest BCUT2D eigenvalue weighted by atomic mass is 10.2. The minimum Gasteiger partial charge on any atom is -0.495 e. The van der Waals surface area contributed by atoms with E-state index in [-0.39, 0.29) is 0 Å². The number of nitrogens with zero attached hydrogens (tertiary/aromatic N) is 2. The second-order valence-electron chi connectivity index (χ2n) is 4.20. The highest BCUT2D eigenvalue weighted by Crippen LogP contribution is 2.30. The molecule has 2 rings (SSSR count). The Hall–Kier alpha value is -1.82. The van der Waals surface area contributed by atoms with Gasteiger partial charge in [0.25, 0.3) is 0 Å². The number of ether oxygens (including phenoxy) is 1. The zero-order valence-corrected chi connectivity index (χ0v) is 13.3. The molecule has 20 heavy (non-hydrogen) atoms. The number of nitrogens with one attached hydrogen (secondary N) is 2. The van der Waals surface area contributed by atoms with E-state index in [0.717, 1.165) is 39.7 Å². The highest BCUT2D eigenvalue weighted by Gasteiger charge is 2.08. The Balaban J connectivity index is 2.28. The molecule has 0 bridgehead atoms. The van der Waals surface area contributed by atoms with Crippen LogP contribution in [0.15, 0.2) is 29.0 Å². The summed E-state index contributed by atoms with van der Waals surface area (Å²) in [4.78, 5) is 8.50. The average molecular weight is 337 g/mol. The van der Waals surface area contributed by atoms with Crippen LogP contribution in [0.4, 0.5) is 17.3 Å². The van der Waals surface area contributed by atoms with E-state index in [2.05, 4.69) is 36.5 Å². The maximum Gasteiger partial charge on any atom is 0.138 e. The molecule has 0 amide bonds. The van der Waals surface area contributed by atoms with Gasteiger partial charge in [0.15, 0.2) is 0 Å². The van der Waals surface area contributed by atoms with Gasteiger partial charge in [0.2, 0.25) is 0 Å². The molecular formula is C14H17BrN4O. The monoisotopic (exact) mass is 336 g/mol. The van der Waals surface area contributed by atoms with Gasteiger partial charge in [-0.1, -0.05) is 0 Å². The average Bonchev–Trinajstić information content (AvgIpc) is 2.45. The van der Waals surface area contributed by atoms with Crippen LogP contribution in [0.3, 0.4) is 0 Å². The van der Waals surface area contributed by atoms with Crippen molar-refractivity contribution < 1.29 is 4.74 Å². The molecule has 0 unspecified atom stereocenters. The van der Waals surface area contributed by atoms with Gasteiger partial charge in [-0.05, 0) is 41.9 Å². The third-order valence-electron chi connectivity index (χ3n) is 2.84. The summed E-state index contributed by atoms with van der Waals surface area (Å²) in [6.07, 6.45) is 1.55. The van der Waals surface area contributed by atoms with Crippen LogP contribution >= 0.6 is 15.9 Å². The van der Waals surface area contributed by atoms with Gasteiger partial charge in [-0.25, -0.2) is 9.97 Å². The van der Waals surface area contributed by atoms with E-state index >= 15 is 0 Å². The predicted molar refractivity (Wildman–Crippen MR) is 84.9 cm³/mol. The van der Waals surface area contributed by atoms with Crippen molar-refractivity contribution >= 4 is 33.3 Å². The van der Waals surface area contributed by atoms with Crippen LogP contribution < -0.4 is 15.4 Å². The third-order valence-corrected chi connectivity index (χ3v) is 3.50. The van der Waals surface area contributed by atoms with Crippen molar-refractivity contribution in [3.8, 4) is 5.75 Å². The number of benzene rings is 1. The number of hydrogen-bond acceptors (Lipinski definition) is 5. The minimum atomic E-state index is 0.772. The zero-order chi connectivity index (χ0) is 14.5. The predicted octanol–water partition coefficient (Wildman–Crippen LogP) is 3.73. The summed E-state index contributed by atoms with van der Waals surface area (Å²) in [5, 5.41) is 6.49. The Morgan fingerprint density at radius 3 is 2.70 bits per heavy atom. The van der Waals surface area contributed by atoms with Crippen LogP contribution in [0.25, 0.3) is 0 Å². The molecule has 1 aromatic heterocycles. The summed E-state index contributed by atoms with van der Waals surface area (Å²) in [6, 6.07) is 5.81. The van der Waals surface area contributed by atoms with Gasteiger partial charge in [0.1, 0.15) is 23.7 Å². The van der Waals surface area contributed by atoms with Crippen LogP contribution in [0, 0.1) is 6.92 Å². The standard InChI is InChI=1S/C14H17BrN4O/c1-4-16-13-9(2)14(18-8-17-13)19-10-5-6-11(15)12(7-10)20-3/h5-8H,4H2,1-3H3,(H2,16,17,18,19). The second-order valence-corrected chi connectivity index (χ2v) is 5.05. The normalized spacial score (nSPS) is 10.2. The van der Waals surface area contributed by atoms with Crippen molar-refractivity contribution in [1.82, 2.24) is 9.97 Å². The highest BCUT2D eigenvalue weighted by atomic mass is 79.9. The quantitative estimate of drug-likeness (QED) is 0.871. The number of halogens is 1. The summed E-state index contributed by atoms with van der Waals surface area (Å²) >= 11 is 3.43. The van der Waals surface area contributed by atoms with E-state index in [9.17, 15) is 0 Å². The minimum absolute atomic E-state index is 0.772. The van der Waals surface area contributed by atoms with Gasteiger partial charge in [-0.3, -0.25) is 0 Å². The molecule has 0 saturated carbocycles. The smallest absolute Gasteiger partial charge is 0.138 e. The van der Waals surface area contributed by atoms with E-state index in [1.54, 1.807) is 13.4 Å². The SMILES string of the molecule is CCNc1ncnc(Nc2ccc(Br)c(OC)c2)c1C. The van der Waals surface area contributed by atoms with Crippen molar-refractivity contribution in [2.75, 3.05) is 24.3 Å². The molecule has 0 atom stereocenters. The maximum absolute atomic E-state index is 5.28. The van der Waals surface area contributed by atoms with E-state index in [1.165, 1.54) is 0 Å².